The van der Waals surface area contributed by atoms with Crippen LogP contribution in [0, 0.1) is 12.8 Å². The fourth-order valence-electron chi connectivity index (χ4n) is 2.30. The highest BCUT2D eigenvalue weighted by molar-refractivity contribution is 7.16. The highest BCUT2D eigenvalue weighted by Gasteiger charge is 2.13. The molecule has 0 aliphatic heterocycles. The molecule has 2 amide bonds. The highest BCUT2D eigenvalue weighted by Crippen LogP contribution is 2.15. The molecule has 0 aliphatic carbocycles. The molecule has 0 fully saturated rings. The number of hydrogen-bond donors (Lipinski definition) is 2. The van der Waals surface area contributed by atoms with Crippen LogP contribution in [-0.4, -0.2) is 21.5 Å². The summed E-state index contributed by atoms with van der Waals surface area (Å²) in [5.74, 6) is -0.265. The van der Waals surface area contributed by atoms with E-state index < -0.39 is 5.91 Å². The zero-order valence-corrected chi connectivity index (χ0v) is 15.4. The molecule has 0 radical (unpaired) electrons. The van der Waals surface area contributed by atoms with Crippen molar-refractivity contribution >= 4 is 39.1 Å². The maximum absolute atomic E-state index is 12.5. The summed E-state index contributed by atoms with van der Waals surface area (Å²) in [5.41, 5.74) is 3.23. The number of benzene rings is 1. The molecular formula is C18H18N4O3S. The highest BCUT2D eigenvalue weighted by atomic mass is 32.1. The van der Waals surface area contributed by atoms with Gasteiger partial charge in [-0.1, -0.05) is 13.8 Å². The van der Waals surface area contributed by atoms with Gasteiger partial charge < -0.3 is 5.32 Å². The number of nitrogens with zero attached hydrogens (tertiary/aromatic N) is 2. The van der Waals surface area contributed by atoms with Crippen molar-refractivity contribution in [3.8, 4) is 0 Å². The van der Waals surface area contributed by atoms with Crippen LogP contribution < -0.4 is 16.3 Å². The van der Waals surface area contributed by atoms with Crippen LogP contribution in [0.3, 0.4) is 0 Å². The van der Waals surface area contributed by atoms with Gasteiger partial charge in [-0.05, 0) is 42.6 Å². The third-order valence-electron chi connectivity index (χ3n) is 3.82. The topological polar surface area (TPSA) is 93.1 Å². The van der Waals surface area contributed by atoms with Crippen molar-refractivity contribution < 1.29 is 9.59 Å². The van der Waals surface area contributed by atoms with Crippen LogP contribution in [0.5, 0.6) is 0 Å². The average molecular weight is 370 g/mol. The summed E-state index contributed by atoms with van der Waals surface area (Å²) in [4.78, 5) is 41.6. The van der Waals surface area contributed by atoms with Crippen LogP contribution in [0.15, 0.2) is 40.5 Å². The van der Waals surface area contributed by atoms with Crippen molar-refractivity contribution in [3.05, 3.63) is 57.5 Å². The Morgan fingerprint density at radius 1 is 1.15 bits per heavy atom. The fourth-order valence-corrected chi connectivity index (χ4v) is 3.10. The molecule has 0 atom stereocenters. The zero-order chi connectivity index (χ0) is 18.8. The molecule has 134 valence electrons. The molecule has 2 aromatic heterocycles. The molecular weight excluding hydrogens is 352 g/mol. The van der Waals surface area contributed by atoms with E-state index in [4.69, 9.17) is 0 Å². The largest absolute Gasteiger partial charge is 0.326 e. The number of carbonyl (C=O) groups is 2. The van der Waals surface area contributed by atoms with Gasteiger partial charge in [0.2, 0.25) is 5.91 Å². The van der Waals surface area contributed by atoms with Gasteiger partial charge in [-0.25, -0.2) is 9.66 Å². The molecule has 2 heterocycles. The molecule has 0 bridgehead atoms. The predicted octanol–water partition coefficient (Wildman–Crippen LogP) is 2.74. The summed E-state index contributed by atoms with van der Waals surface area (Å²) in [5, 5.41) is 5.01. The van der Waals surface area contributed by atoms with Crippen LogP contribution >= 0.6 is 11.3 Å². The number of carbonyl (C=O) groups excluding carboxylic acids is 2. The molecule has 0 aliphatic rings. The van der Waals surface area contributed by atoms with E-state index in [1.165, 1.54) is 11.3 Å². The molecule has 0 unspecified atom stereocenters. The number of nitrogens with one attached hydrogen (secondary N) is 2. The van der Waals surface area contributed by atoms with Crippen molar-refractivity contribution in [1.82, 2.24) is 9.66 Å². The Bertz CT molecular complexity index is 1030. The first-order valence-electron chi connectivity index (χ1n) is 8.06. The second-order valence-corrected chi connectivity index (χ2v) is 7.00. The van der Waals surface area contributed by atoms with Crippen LogP contribution in [0.1, 0.15) is 30.0 Å². The number of hydrogen-bond acceptors (Lipinski definition) is 5. The van der Waals surface area contributed by atoms with E-state index in [0.29, 0.717) is 27.3 Å². The molecule has 0 spiro atoms. The number of thiophene rings is 1. The molecule has 8 heteroatoms. The lowest BCUT2D eigenvalue weighted by Crippen LogP contribution is -2.35. The number of rotatable bonds is 4. The summed E-state index contributed by atoms with van der Waals surface area (Å²) >= 11 is 1.38. The Hall–Kier alpha value is -3.00. The Labute approximate surface area is 153 Å². The Morgan fingerprint density at radius 2 is 1.85 bits per heavy atom. The van der Waals surface area contributed by atoms with Crippen LogP contribution in [0.2, 0.25) is 0 Å². The summed E-state index contributed by atoms with van der Waals surface area (Å²) in [6.45, 7) is 5.26. The first-order chi connectivity index (χ1) is 12.4. The predicted molar refractivity (Wildman–Crippen MR) is 102 cm³/mol. The van der Waals surface area contributed by atoms with Crippen LogP contribution in [0.25, 0.3) is 10.2 Å². The van der Waals surface area contributed by atoms with Gasteiger partial charge in [-0.15, -0.1) is 11.3 Å². The van der Waals surface area contributed by atoms with Crippen LogP contribution in [0.4, 0.5) is 5.69 Å². The van der Waals surface area contributed by atoms with E-state index in [2.05, 4.69) is 15.7 Å². The van der Waals surface area contributed by atoms with Gasteiger partial charge in [0.25, 0.3) is 11.5 Å². The number of anilines is 1. The second-order valence-electron chi connectivity index (χ2n) is 6.10. The smallest absolute Gasteiger partial charge is 0.281 e. The molecule has 0 saturated heterocycles. The van der Waals surface area contributed by atoms with E-state index in [1.54, 1.807) is 56.5 Å². The lowest BCUT2D eigenvalue weighted by atomic mass is 10.1. The van der Waals surface area contributed by atoms with Crippen molar-refractivity contribution in [3.63, 3.8) is 0 Å². The number of fused-ring (bicyclic) bond motifs is 1. The molecule has 7 nitrogen and oxygen atoms in total. The van der Waals surface area contributed by atoms with E-state index in [9.17, 15) is 14.4 Å². The Morgan fingerprint density at radius 3 is 2.50 bits per heavy atom. The number of aromatic nitrogens is 2. The third kappa shape index (κ3) is 3.50. The first-order valence-corrected chi connectivity index (χ1v) is 8.94. The van der Waals surface area contributed by atoms with Gasteiger partial charge in [0.05, 0.1) is 5.39 Å². The molecule has 3 rings (SSSR count). The minimum atomic E-state index is -0.437. The Kier molecular flexibility index (Phi) is 4.85. The monoisotopic (exact) mass is 370 g/mol. The first kappa shape index (κ1) is 17.8. The van der Waals surface area contributed by atoms with Gasteiger partial charge in [-0.3, -0.25) is 19.8 Å². The minimum Gasteiger partial charge on any atom is -0.326 e. The molecule has 3 aromatic rings. The van der Waals surface area contributed by atoms with Crippen molar-refractivity contribution in [1.29, 1.82) is 0 Å². The molecule has 1 aromatic carbocycles. The maximum atomic E-state index is 12.5. The van der Waals surface area contributed by atoms with Crippen molar-refractivity contribution in [2.24, 2.45) is 5.92 Å². The lowest BCUT2D eigenvalue weighted by molar-refractivity contribution is -0.118. The minimum absolute atomic E-state index is 0.0977. The number of aryl methyl sites for hydroxylation is 1. The number of amides is 2. The van der Waals surface area contributed by atoms with E-state index in [0.717, 1.165) is 4.68 Å². The summed E-state index contributed by atoms with van der Waals surface area (Å²) in [7, 11) is 0. The lowest BCUT2D eigenvalue weighted by Gasteiger charge is -2.12. The second kappa shape index (κ2) is 7.09. The average Bonchev–Trinajstić information content (AvgIpc) is 3.07. The van der Waals surface area contributed by atoms with Crippen molar-refractivity contribution in [2.45, 2.75) is 20.8 Å². The Balaban J connectivity index is 1.80. The van der Waals surface area contributed by atoms with Gasteiger partial charge in [0, 0.05) is 17.2 Å². The fraction of sp³-hybridized carbons (Fsp3) is 0.222. The third-order valence-corrected chi connectivity index (χ3v) is 4.62. The quantitative estimate of drug-likeness (QED) is 0.738. The van der Waals surface area contributed by atoms with Gasteiger partial charge in [0.15, 0.2) is 0 Å². The van der Waals surface area contributed by atoms with E-state index in [-0.39, 0.29) is 17.4 Å². The summed E-state index contributed by atoms with van der Waals surface area (Å²) in [6.07, 6.45) is 0. The van der Waals surface area contributed by atoms with E-state index in [1.807, 2.05) is 0 Å². The molecule has 0 saturated carbocycles. The zero-order valence-electron chi connectivity index (χ0n) is 14.6. The molecule has 26 heavy (non-hydrogen) atoms. The normalized spacial score (nSPS) is 10.9. The summed E-state index contributed by atoms with van der Waals surface area (Å²) in [6, 6.07) is 8.14. The van der Waals surface area contributed by atoms with Gasteiger partial charge in [-0.2, -0.15) is 0 Å². The van der Waals surface area contributed by atoms with Gasteiger partial charge >= 0.3 is 0 Å². The standard InChI is InChI=1S/C18H18N4O3S/c1-10(2)15(23)20-13-6-4-12(5-7-13)16(24)21-22-11(3)19-17-14(18(22)25)8-9-26-17/h4-10H,1-3H3,(H,20,23)(H,21,24). The maximum Gasteiger partial charge on any atom is 0.281 e. The van der Waals surface area contributed by atoms with Gasteiger partial charge in [0.1, 0.15) is 10.7 Å². The van der Waals surface area contributed by atoms with Crippen molar-refractivity contribution in [2.75, 3.05) is 10.7 Å². The van der Waals surface area contributed by atoms with E-state index >= 15 is 0 Å². The molecule has 2 N–H and O–H groups in total. The van der Waals surface area contributed by atoms with Crippen LogP contribution in [-0.2, 0) is 4.79 Å². The SMILES string of the molecule is Cc1nc2sccc2c(=O)n1NC(=O)c1ccc(NC(=O)C(C)C)cc1. The summed E-state index contributed by atoms with van der Waals surface area (Å²) < 4.78 is 1.14.